The van der Waals surface area contributed by atoms with Crippen molar-refractivity contribution < 1.29 is 0 Å². The highest BCUT2D eigenvalue weighted by molar-refractivity contribution is 7.98. The Morgan fingerprint density at radius 2 is 1.97 bits per heavy atom. The molecule has 0 atom stereocenters. The van der Waals surface area contributed by atoms with Crippen LogP contribution in [0, 0.1) is 13.8 Å². The molecule has 5 heterocycles. The highest BCUT2D eigenvalue weighted by Crippen LogP contribution is 2.24. The number of aromatic nitrogens is 6. The van der Waals surface area contributed by atoms with Crippen molar-refractivity contribution >= 4 is 23.4 Å². The second kappa shape index (κ2) is 7.99. The summed E-state index contributed by atoms with van der Waals surface area (Å²) < 4.78 is 3.49. The van der Waals surface area contributed by atoms with Gasteiger partial charge in [0.25, 0.3) is 11.3 Å². The van der Waals surface area contributed by atoms with Crippen molar-refractivity contribution in [3.05, 3.63) is 45.3 Å². The molecule has 1 fully saturated rings. The summed E-state index contributed by atoms with van der Waals surface area (Å²) >= 11 is 1.87. The topological polar surface area (TPSA) is 84.4 Å². The number of nitrogens with zero attached hydrogens (tertiary/aromatic N) is 8. The first-order chi connectivity index (χ1) is 14.6. The Balaban J connectivity index is 1.25. The van der Waals surface area contributed by atoms with E-state index in [0.717, 1.165) is 79.0 Å². The number of hydrogen-bond donors (Lipinski definition) is 0. The van der Waals surface area contributed by atoms with Crippen LogP contribution in [-0.4, -0.2) is 72.7 Å². The lowest BCUT2D eigenvalue weighted by Crippen LogP contribution is -2.48. The van der Waals surface area contributed by atoms with Gasteiger partial charge in [-0.05, 0) is 25.2 Å². The quantitative estimate of drug-likeness (QED) is 0.609. The van der Waals surface area contributed by atoms with Crippen LogP contribution in [0.5, 0.6) is 0 Å². The van der Waals surface area contributed by atoms with Crippen LogP contribution in [0.3, 0.4) is 0 Å². The molecule has 0 aliphatic carbocycles. The molecule has 0 bridgehead atoms. The summed E-state index contributed by atoms with van der Waals surface area (Å²) in [6, 6.07) is 1.78. The average Bonchev–Trinajstić information content (AvgIpc) is 3.21. The van der Waals surface area contributed by atoms with Crippen molar-refractivity contribution in [1.82, 2.24) is 34.3 Å². The van der Waals surface area contributed by atoms with Gasteiger partial charge in [0.1, 0.15) is 12.1 Å². The molecule has 0 unspecified atom stereocenters. The molecule has 0 saturated carbocycles. The first-order valence-corrected chi connectivity index (χ1v) is 11.6. The molecule has 2 aliphatic heterocycles. The van der Waals surface area contributed by atoms with E-state index in [4.69, 9.17) is 0 Å². The minimum atomic E-state index is 0.0198. The Morgan fingerprint density at radius 1 is 1.13 bits per heavy atom. The smallest absolute Gasteiger partial charge is 0.267 e. The molecule has 9 nitrogen and oxygen atoms in total. The predicted octanol–water partition coefficient (Wildman–Crippen LogP) is 0.909. The van der Waals surface area contributed by atoms with Gasteiger partial charge >= 0.3 is 0 Å². The van der Waals surface area contributed by atoms with E-state index in [2.05, 4.69) is 36.9 Å². The van der Waals surface area contributed by atoms with Gasteiger partial charge in [-0.1, -0.05) is 0 Å². The number of fused-ring (bicyclic) bond motifs is 2. The van der Waals surface area contributed by atoms with E-state index in [1.54, 1.807) is 17.1 Å². The molecule has 0 N–H and O–H groups in total. The molecule has 1 saturated heterocycles. The number of aryl methyl sites for hydroxylation is 2. The maximum Gasteiger partial charge on any atom is 0.267 e. The summed E-state index contributed by atoms with van der Waals surface area (Å²) in [5.74, 6) is 3.73. The molecular weight excluding hydrogens is 400 g/mol. The van der Waals surface area contributed by atoms with Gasteiger partial charge in [-0.15, -0.1) is 0 Å². The van der Waals surface area contributed by atoms with Crippen LogP contribution in [0.15, 0.2) is 17.2 Å². The largest absolute Gasteiger partial charge is 0.354 e. The fourth-order valence-corrected chi connectivity index (χ4v) is 5.17. The van der Waals surface area contributed by atoms with Crippen molar-refractivity contribution in [2.75, 3.05) is 43.4 Å². The predicted molar refractivity (Wildman–Crippen MR) is 117 cm³/mol. The molecule has 158 valence electrons. The third-order valence-electron chi connectivity index (χ3n) is 6.08. The Hall–Kier alpha value is -2.46. The molecule has 10 heteroatoms. The van der Waals surface area contributed by atoms with Crippen LogP contribution >= 0.6 is 11.8 Å². The molecule has 0 amide bonds. The van der Waals surface area contributed by atoms with E-state index in [1.165, 1.54) is 0 Å². The summed E-state index contributed by atoms with van der Waals surface area (Å²) in [4.78, 5) is 26.0. The van der Waals surface area contributed by atoms with E-state index in [0.29, 0.717) is 12.3 Å². The van der Waals surface area contributed by atoms with Gasteiger partial charge < -0.3 is 4.90 Å². The van der Waals surface area contributed by atoms with Gasteiger partial charge in [-0.2, -0.15) is 31.5 Å². The molecule has 0 aromatic carbocycles. The van der Waals surface area contributed by atoms with Gasteiger partial charge in [0.05, 0.1) is 12.2 Å². The zero-order valence-electron chi connectivity index (χ0n) is 17.4. The molecule has 0 spiro atoms. The first-order valence-electron chi connectivity index (χ1n) is 10.4. The Kier molecular flexibility index (Phi) is 5.20. The SMILES string of the molecule is Cc1nc2ncnn2c(N2CCN(CCn3nc4c(cc3=O)CSCC4)CC2)c1C. The highest BCUT2D eigenvalue weighted by atomic mass is 32.2. The minimum absolute atomic E-state index is 0.0198. The van der Waals surface area contributed by atoms with Crippen LogP contribution in [0.2, 0.25) is 0 Å². The zero-order valence-corrected chi connectivity index (χ0v) is 18.2. The molecule has 5 rings (SSSR count). The lowest BCUT2D eigenvalue weighted by Gasteiger charge is -2.36. The van der Waals surface area contributed by atoms with E-state index in [1.807, 2.05) is 23.2 Å². The van der Waals surface area contributed by atoms with Gasteiger partial charge in [0, 0.05) is 62.2 Å². The van der Waals surface area contributed by atoms with Crippen molar-refractivity contribution in [1.29, 1.82) is 0 Å². The standard InChI is InChI=1S/C20H26N8OS/c1-14-15(2)23-20-21-13-22-28(20)19(14)26-7-4-25(5-8-26)6-9-27-18(29)11-16-12-30-10-3-17(16)24-27/h11,13H,3-10,12H2,1-2H3. The third kappa shape index (κ3) is 3.58. The van der Waals surface area contributed by atoms with E-state index in [-0.39, 0.29) is 5.56 Å². The lowest BCUT2D eigenvalue weighted by molar-refractivity contribution is 0.241. The van der Waals surface area contributed by atoms with Crippen molar-refractivity contribution in [2.45, 2.75) is 32.6 Å². The fourth-order valence-electron chi connectivity index (χ4n) is 4.22. The van der Waals surface area contributed by atoms with Crippen molar-refractivity contribution in [3.63, 3.8) is 0 Å². The van der Waals surface area contributed by atoms with Crippen LogP contribution in [-0.2, 0) is 18.7 Å². The molecule has 3 aromatic rings. The van der Waals surface area contributed by atoms with Gasteiger partial charge in [0.2, 0.25) is 0 Å². The third-order valence-corrected chi connectivity index (χ3v) is 7.09. The maximum absolute atomic E-state index is 12.4. The van der Waals surface area contributed by atoms with Crippen molar-refractivity contribution in [3.8, 4) is 0 Å². The number of thioether (sulfide) groups is 1. The normalized spacial score (nSPS) is 17.5. The zero-order chi connectivity index (χ0) is 20.7. The van der Waals surface area contributed by atoms with Gasteiger partial charge in [0.15, 0.2) is 0 Å². The summed E-state index contributed by atoms with van der Waals surface area (Å²) in [7, 11) is 0. The van der Waals surface area contributed by atoms with Gasteiger partial charge in [-0.3, -0.25) is 9.69 Å². The van der Waals surface area contributed by atoms with E-state index in [9.17, 15) is 4.79 Å². The highest BCUT2D eigenvalue weighted by Gasteiger charge is 2.23. The molecule has 3 aromatic heterocycles. The Labute approximate surface area is 179 Å². The number of hydrogen-bond acceptors (Lipinski definition) is 8. The second-order valence-electron chi connectivity index (χ2n) is 7.93. The number of piperazine rings is 1. The van der Waals surface area contributed by atoms with Gasteiger partial charge in [-0.25, -0.2) is 9.67 Å². The summed E-state index contributed by atoms with van der Waals surface area (Å²) in [5.41, 5.74) is 4.36. The number of anilines is 1. The molecular formula is C20H26N8OS. The summed E-state index contributed by atoms with van der Waals surface area (Å²) in [5, 5.41) is 9.01. The van der Waals surface area contributed by atoms with Crippen LogP contribution in [0.4, 0.5) is 5.82 Å². The molecule has 2 aliphatic rings. The average molecular weight is 427 g/mol. The maximum atomic E-state index is 12.4. The lowest BCUT2D eigenvalue weighted by atomic mass is 10.2. The fraction of sp³-hybridized carbons (Fsp3) is 0.550. The number of rotatable bonds is 4. The van der Waals surface area contributed by atoms with E-state index >= 15 is 0 Å². The van der Waals surface area contributed by atoms with Crippen LogP contribution < -0.4 is 10.5 Å². The van der Waals surface area contributed by atoms with Crippen molar-refractivity contribution in [2.24, 2.45) is 0 Å². The molecule has 30 heavy (non-hydrogen) atoms. The summed E-state index contributed by atoms with van der Waals surface area (Å²) in [6.45, 7) is 9.28. The Bertz CT molecular complexity index is 1130. The second-order valence-corrected chi connectivity index (χ2v) is 9.03. The van der Waals surface area contributed by atoms with Crippen LogP contribution in [0.25, 0.3) is 5.78 Å². The Morgan fingerprint density at radius 3 is 2.80 bits per heavy atom. The minimum Gasteiger partial charge on any atom is -0.354 e. The first kappa shape index (κ1) is 19.5. The molecule has 0 radical (unpaired) electrons. The van der Waals surface area contributed by atoms with Crippen LogP contribution in [0.1, 0.15) is 22.5 Å². The summed E-state index contributed by atoms with van der Waals surface area (Å²) in [6.07, 6.45) is 2.52. The monoisotopic (exact) mass is 426 g/mol. The van der Waals surface area contributed by atoms with E-state index < -0.39 is 0 Å².